The maximum absolute atomic E-state index is 11.9. The van der Waals surface area contributed by atoms with Crippen molar-refractivity contribution in [2.24, 2.45) is 0 Å². The molecule has 0 saturated carbocycles. The number of aromatic amines is 1. The molecule has 2 rings (SSSR count). The van der Waals surface area contributed by atoms with E-state index < -0.39 is 0 Å². The molecule has 0 aliphatic carbocycles. The predicted molar refractivity (Wildman–Crippen MR) is 71.2 cm³/mol. The first-order valence-electron chi connectivity index (χ1n) is 6.45. The van der Waals surface area contributed by atoms with Crippen molar-refractivity contribution in [2.75, 3.05) is 32.8 Å². The van der Waals surface area contributed by atoms with E-state index in [0.717, 1.165) is 32.8 Å². The first-order valence-corrected chi connectivity index (χ1v) is 6.45. The molecule has 2 N–H and O–H groups in total. The Kier molecular flexibility index (Phi) is 4.70. The van der Waals surface area contributed by atoms with Gasteiger partial charge in [0.15, 0.2) is 0 Å². The van der Waals surface area contributed by atoms with Gasteiger partial charge in [-0.3, -0.25) is 14.5 Å². The highest BCUT2D eigenvalue weighted by molar-refractivity contribution is 5.94. The lowest BCUT2D eigenvalue weighted by molar-refractivity contribution is 0.0342. The minimum atomic E-state index is -0.270. The van der Waals surface area contributed by atoms with Crippen molar-refractivity contribution in [2.45, 2.75) is 13.0 Å². The van der Waals surface area contributed by atoms with Crippen LogP contribution in [0.25, 0.3) is 0 Å². The second kappa shape index (κ2) is 6.49. The van der Waals surface area contributed by atoms with Gasteiger partial charge in [-0.1, -0.05) is 0 Å². The molecule has 6 heteroatoms. The van der Waals surface area contributed by atoms with Crippen molar-refractivity contribution in [3.63, 3.8) is 0 Å². The summed E-state index contributed by atoms with van der Waals surface area (Å²) in [6.45, 7) is 6.03. The summed E-state index contributed by atoms with van der Waals surface area (Å²) in [6, 6.07) is 2.93. The Morgan fingerprint density at radius 1 is 1.53 bits per heavy atom. The van der Waals surface area contributed by atoms with Crippen LogP contribution in [-0.2, 0) is 4.74 Å². The van der Waals surface area contributed by atoms with Crippen LogP contribution in [0.3, 0.4) is 0 Å². The van der Waals surface area contributed by atoms with Gasteiger partial charge in [-0.25, -0.2) is 0 Å². The molecule has 1 aliphatic rings. The van der Waals surface area contributed by atoms with Crippen molar-refractivity contribution >= 4 is 5.91 Å². The SMILES string of the molecule is CC(CN1CCOCC1)NC(=O)c1cc[nH]c(=O)c1. The standard InChI is InChI=1S/C13H19N3O3/c1-10(9-16-4-6-19-7-5-16)15-13(18)11-2-3-14-12(17)8-11/h2-3,8,10H,4-7,9H2,1H3,(H,14,17)(H,15,18). The molecule has 0 aromatic carbocycles. The summed E-state index contributed by atoms with van der Waals surface area (Å²) in [5.41, 5.74) is 0.117. The Balaban J connectivity index is 1.86. The highest BCUT2D eigenvalue weighted by atomic mass is 16.5. The molecule has 104 valence electrons. The molecule has 6 nitrogen and oxygen atoms in total. The fourth-order valence-electron chi connectivity index (χ4n) is 2.11. The van der Waals surface area contributed by atoms with Crippen molar-refractivity contribution in [3.8, 4) is 0 Å². The van der Waals surface area contributed by atoms with Crippen LogP contribution in [-0.4, -0.2) is 54.7 Å². The molecule has 19 heavy (non-hydrogen) atoms. The van der Waals surface area contributed by atoms with Gasteiger partial charge in [0, 0.05) is 43.5 Å². The lowest BCUT2D eigenvalue weighted by Gasteiger charge is -2.29. The number of morpholine rings is 1. The van der Waals surface area contributed by atoms with Crippen LogP contribution in [0.15, 0.2) is 23.1 Å². The van der Waals surface area contributed by atoms with Crippen LogP contribution in [0, 0.1) is 0 Å². The normalized spacial score (nSPS) is 17.9. The van der Waals surface area contributed by atoms with Gasteiger partial charge in [0.05, 0.1) is 13.2 Å². The first-order chi connectivity index (χ1) is 9.15. The largest absolute Gasteiger partial charge is 0.379 e. The number of ether oxygens (including phenoxy) is 1. The molecule has 1 aromatic rings. The number of nitrogens with zero attached hydrogens (tertiary/aromatic N) is 1. The topological polar surface area (TPSA) is 74.4 Å². The van der Waals surface area contributed by atoms with Gasteiger partial charge in [0.2, 0.25) is 5.56 Å². The van der Waals surface area contributed by atoms with Gasteiger partial charge in [0.25, 0.3) is 5.91 Å². The summed E-state index contributed by atoms with van der Waals surface area (Å²) in [5, 5.41) is 2.90. The second-order valence-corrected chi connectivity index (χ2v) is 4.73. The summed E-state index contributed by atoms with van der Waals surface area (Å²) < 4.78 is 5.28. The molecule has 1 saturated heterocycles. The quantitative estimate of drug-likeness (QED) is 0.792. The zero-order valence-corrected chi connectivity index (χ0v) is 11.0. The highest BCUT2D eigenvalue weighted by Gasteiger charge is 2.15. The summed E-state index contributed by atoms with van der Waals surface area (Å²) in [6.07, 6.45) is 1.48. The van der Waals surface area contributed by atoms with Gasteiger partial charge in [-0.2, -0.15) is 0 Å². The Morgan fingerprint density at radius 3 is 2.95 bits per heavy atom. The average molecular weight is 265 g/mol. The third kappa shape index (κ3) is 4.18. The number of aromatic nitrogens is 1. The Bertz CT molecular complexity index is 480. The van der Waals surface area contributed by atoms with E-state index in [-0.39, 0.29) is 17.5 Å². The van der Waals surface area contributed by atoms with Gasteiger partial charge in [-0.05, 0) is 13.0 Å². The van der Waals surface area contributed by atoms with E-state index in [9.17, 15) is 9.59 Å². The van der Waals surface area contributed by atoms with Crippen LogP contribution in [0.4, 0.5) is 0 Å². The minimum Gasteiger partial charge on any atom is -0.379 e. The number of rotatable bonds is 4. The summed E-state index contributed by atoms with van der Waals surface area (Å²) in [5.74, 6) is -0.216. The Hall–Kier alpha value is -1.66. The number of hydrogen-bond acceptors (Lipinski definition) is 4. The van der Waals surface area contributed by atoms with Gasteiger partial charge < -0.3 is 15.0 Å². The fourth-order valence-corrected chi connectivity index (χ4v) is 2.11. The van der Waals surface area contributed by atoms with Gasteiger partial charge in [-0.15, -0.1) is 0 Å². The summed E-state index contributed by atoms with van der Waals surface area (Å²) >= 11 is 0. The number of carbonyl (C=O) groups is 1. The van der Waals surface area contributed by atoms with Crippen LogP contribution in [0.5, 0.6) is 0 Å². The van der Waals surface area contributed by atoms with Gasteiger partial charge >= 0.3 is 0 Å². The number of nitrogens with one attached hydrogen (secondary N) is 2. The molecule has 0 radical (unpaired) electrons. The van der Waals surface area contributed by atoms with E-state index >= 15 is 0 Å². The first kappa shape index (κ1) is 13.8. The smallest absolute Gasteiger partial charge is 0.251 e. The number of H-pyrrole nitrogens is 1. The number of pyridine rings is 1. The third-order valence-corrected chi connectivity index (χ3v) is 3.05. The molecule has 1 amide bonds. The highest BCUT2D eigenvalue weighted by Crippen LogP contribution is 2.00. The minimum absolute atomic E-state index is 0.0323. The van der Waals surface area contributed by atoms with Crippen LogP contribution < -0.4 is 10.9 Å². The monoisotopic (exact) mass is 265 g/mol. The number of amides is 1. The Labute approximate surface area is 111 Å². The maximum atomic E-state index is 11.9. The molecule has 0 bridgehead atoms. The zero-order valence-electron chi connectivity index (χ0n) is 11.0. The lowest BCUT2D eigenvalue weighted by atomic mass is 10.2. The molecule has 2 heterocycles. The molecule has 1 fully saturated rings. The Morgan fingerprint density at radius 2 is 2.26 bits per heavy atom. The van der Waals surface area contributed by atoms with Crippen molar-refractivity contribution in [1.82, 2.24) is 15.2 Å². The van der Waals surface area contributed by atoms with E-state index in [1.807, 2.05) is 6.92 Å². The molecular formula is C13H19N3O3. The molecule has 0 spiro atoms. The van der Waals surface area contributed by atoms with E-state index in [2.05, 4.69) is 15.2 Å². The van der Waals surface area contributed by atoms with E-state index in [1.54, 1.807) is 6.07 Å². The van der Waals surface area contributed by atoms with Gasteiger partial charge in [0.1, 0.15) is 0 Å². The second-order valence-electron chi connectivity index (χ2n) is 4.73. The number of carbonyl (C=O) groups excluding carboxylic acids is 1. The van der Waals surface area contributed by atoms with Crippen LogP contribution >= 0.6 is 0 Å². The van der Waals surface area contributed by atoms with Crippen molar-refractivity contribution < 1.29 is 9.53 Å². The van der Waals surface area contributed by atoms with Crippen LogP contribution in [0.2, 0.25) is 0 Å². The van der Waals surface area contributed by atoms with E-state index in [1.165, 1.54) is 12.3 Å². The molecule has 1 aliphatic heterocycles. The average Bonchev–Trinajstić information content (AvgIpc) is 2.39. The van der Waals surface area contributed by atoms with Crippen LogP contribution in [0.1, 0.15) is 17.3 Å². The molecule has 1 atom stereocenters. The number of hydrogen-bond donors (Lipinski definition) is 2. The molecular weight excluding hydrogens is 246 g/mol. The van der Waals surface area contributed by atoms with E-state index in [4.69, 9.17) is 4.74 Å². The van der Waals surface area contributed by atoms with Crippen molar-refractivity contribution in [3.05, 3.63) is 34.2 Å². The summed E-state index contributed by atoms with van der Waals surface area (Å²) in [4.78, 5) is 27.8. The third-order valence-electron chi connectivity index (χ3n) is 3.05. The zero-order chi connectivity index (χ0) is 13.7. The molecule has 1 aromatic heterocycles. The fraction of sp³-hybridized carbons (Fsp3) is 0.538. The summed E-state index contributed by atoms with van der Waals surface area (Å²) in [7, 11) is 0. The van der Waals surface area contributed by atoms with Crippen molar-refractivity contribution in [1.29, 1.82) is 0 Å². The predicted octanol–water partition coefficient (Wildman–Crippen LogP) is -0.175. The van der Waals surface area contributed by atoms with E-state index in [0.29, 0.717) is 5.56 Å². The maximum Gasteiger partial charge on any atom is 0.251 e. The molecule has 1 unspecified atom stereocenters. The lowest BCUT2D eigenvalue weighted by Crippen LogP contribution is -2.46.